The maximum Gasteiger partial charge on any atom is 0.128 e. The summed E-state index contributed by atoms with van der Waals surface area (Å²) in [5.41, 5.74) is 0.608. The Morgan fingerprint density at radius 2 is 2.29 bits per heavy atom. The van der Waals surface area contributed by atoms with Crippen molar-refractivity contribution >= 4 is 17.6 Å². The molecule has 0 aliphatic heterocycles. The molecule has 0 fully saturated rings. The first-order valence-corrected chi connectivity index (χ1v) is 7.01. The van der Waals surface area contributed by atoms with Crippen molar-refractivity contribution in [3.8, 4) is 6.07 Å². The van der Waals surface area contributed by atoms with Gasteiger partial charge in [0.05, 0.1) is 5.56 Å². The van der Waals surface area contributed by atoms with Gasteiger partial charge in [-0.05, 0) is 37.0 Å². The lowest BCUT2D eigenvalue weighted by Gasteiger charge is -2.25. The van der Waals surface area contributed by atoms with Crippen LogP contribution in [0.4, 0.5) is 5.82 Å². The molecule has 0 bridgehead atoms. The second kappa shape index (κ2) is 7.18. The van der Waals surface area contributed by atoms with Crippen LogP contribution in [0.2, 0.25) is 0 Å². The zero-order valence-electron chi connectivity index (χ0n) is 10.7. The summed E-state index contributed by atoms with van der Waals surface area (Å²) in [5.74, 6) is 3.28. The van der Waals surface area contributed by atoms with Crippen molar-refractivity contribution in [1.29, 1.82) is 5.26 Å². The van der Waals surface area contributed by atoms with E-state index >= 15 is 0 Å². The van der Waals surface area contributed by atoms with Crippen molar-refractivity contribution in [2.45, 2.75) is 26.3 Å². The minimum Gasteiger partial charge on any atom is -0.357 e. The van der Waals surface area contributed by atoms with Gasteiger partial charge in [0.2, 0.25) is 0 Å². The van der Waals surface area contributed by atoms with E-state index in [2.05, 4.69) is 36.8 Å². The average molecular weight is 249 g/mol. The summed E-state index contributed by atoms with van der Waals surface area (Å²) in [7, 11) is 2.05. The van der Waals surface area contributed by atoms with Crippen LogP contribution in [0.3, 0.4) is 0 Å². The summed E-state index contributed by atoms with van der Waals surface area (Å²) < 4.78 is 0. The Bertz CT molecular complexity index is 369. The largest absolute Gasteiger partial charge is 0.357 e. The third-order valence-corrected chi connectivity index (χ3v) is 3.72. The first-order chi connectivity index (χ1) is 8.19. The van der Waals surface area contributed by atoms with E-state index in [1.165, 1.54) is 11.5 Å². The Morgan fingerprint density at radius 1 is 1.53 bits per heavy atom. The molecule has 0 aromatic carbocycles. The van der Waals surface area contributed by atoms with Crippen LogP contribution in [0.1, 0.15) is 25.8 Å². The maximum atomic E-state index is 8.71. The van der Waals surface area contributed by atoms with Crippen LogP contribution in [-0.4, -0.2) is 29.6 Å². The van der Waals surface area contributed by atoms with Crippen LogP contribution in [-0.2, 0) is 0 Å². The Kier molecular flexibility index (Phi) is 5.85. The molecule has 1 aromatic heterocycles. The molecule has 17 heavy (non-hydrogen) atoms. The Hall–Kier alpha value is -1.21. The van der Waals surface area contributed by atoms with Gasteiger partial charge in [0.15, 0.2) is 0 Å². The van der Waals surface area contributed by atoms with Crippen LogP contribution < -0.4 is 4.90 Å². The lowest BCUT2D eigenvalue weighted by Crippen LogP contribution is -2.30. The number of rotatable bonds is 6. The van der Waals surface area contributed by atoms with Crippen molar-refractivity contribution in [2.24, 2.45) is 0 Å². The molecule has 0 spiro atoms. The molecule has 1 heterocycles. The van der Waals surface area contributed by atoms with Crippen molar-refractivity contribution in [3.05, 3.63) is 23.9 Å². The number of nitrogens with zero attached hydrogens (tertiary/aromatic N) is 3. The van der Waals surface area contributed by atoms with Gasteiger partial charge in [-0.15, -0.1) is 0 Å². The fourth-order valence-electron chi connectivity index (χ4n) is 1.48. The maximum absolute atomic E-state index is 8.71. The van der Waals surface area contributed by atoms with E-state index in [1.54, 1.807) is 6.20 Å². The van der Waals surface area contributed by atoms with Gasteiger partial charge < -0.3 is 4.90 Å². The number of pyridine rings is 1. The summed E-state index contributed by atoms with van der Waals surface area (Å²) in [6.07, 6.45) is 2.77. The van der Waals surface area contributed by atoms with Crippen molar-refractivity contribution in [1.82, 2.24) is 4.98 Å². The van der Waals surface area contributed by atoms with Gasteiger partial charge in [-0.3, -0.25) is 0 Å². The first-order valence-electron chi connectivity index (χ1n) is 5.85. The second-order valence-electron chi connectivity index (χ2n) is 3.96. The molecule has 1 rings (SSSR count). The first kappa shape index (κ1) is 13.9. The highest BCUT2D eigenvalue weighted by Crippen LogP contribution is 2.15. The molecule has 0 N–H and O–H groups in total. The number of aromatic nitrogens is 1. The minimum absolute atomic E-state index is 0.467. The van der Waals surface area contributed by atoms with Crippen LogP contribution in [0.25, 0.3) is 0 Å². The molecule has 0 aliphatic carbocycles. The van der Waals surface area contributed by atoms with E-state index in [9.17, 15) is 0 Å². The molecule has 0 saturated heterocycles. The molecule has 0 saturated carbocycles. The van der Waals surface area contributed by atoms with Crippen LogP contribution in [0.5, 0.6) is 0 Å². The number of nitriles is 1. The fourth-order valence-corrected chi connectivity index (χ4v) is 2.27. The van der Waals surface area contributed by atoms with E-state index in [4.69, 9.17) is 5.26 Å². The zero-order valence-corrected chi connectivity index (χ0v) is 11.5. The quantitative estimate of drug-likeness (QED) is 0.727. The highest BCUT2D eigenvalue weighted by molar-refractivity contribution is 7.99. The summed E-state index contributed by atoms with van der Waals surface area (Å²) in [5, 5.41) is 8.71. The third kappa shape index (κ3) is 4.27. The van der Waals surface area contributed by atoms with E-state index < -0.39 is 0 Å². The summed E-state index contributed by atoms with van der Waals surface area (Å²) >= 11 is 1.96. The number of hydrogen-bond acceptors (Lipinski definition) is 4. The van der Waals surface area contributed by atoms with Gasteiger partial charge in [-0.1, -0.05) is 6.92 Å². The number of anilines is 1. The molecule has 3 nitrogen and oxygen atoms in total. The van der Waals surface area contributed by atoms with Crippen LogP contribution in [0, 0.1) is 11.3 Å². The molecule has 92 valence electrons. The molecular weight excluding hydrogens is 230 g/mol. The van der Waals surface area contributed by atoms with Gasteiger partial charge in [-0.25, -0.2) is 4.98 Å². The second-order valence-corrected chi connectivity index (χ2v) is 5.36. The number of thioether (sulfide) groups is 1. The van der Waals surface area contributed by atoms with Crippen molar-refractivity contribution < 1.29 is 0 Å². The lowest BCUT2D eigenvalue weighted by molar-refractivity contribution is 0.662. The molecule has 0 unspecified atom stereocenters. The summed E-state index contributed by atoms with van der Waals surface area (Å²) in [4.78, 5) is 6.46. The summed E-state index contributed by atoms with van der Waals surface area (Å²) in [6.45, 7) is 4.39. The molecular formula is C13H19N3S. The van der Waals surface area contributed by atoms with Gasteiger partial charge >= 0.3 is 0 Å². The average Bonchev–Trinajstić information content (AvgIpc) is 2.38. The standard InChI is InChI=1S/C13H19N3S/c1-4-17-8-7-11(2)16(3)13-6-5-12(9-14)10-15-13/h5-6,10-11H,4,7-8H2,1-3H3/t11-/m0/s1. The van der Waals surface area contributed by atoms with Gasteiger partial charge in [0.25, 0.3) is 0 Å². The van der Waals surface area contributed by atoms with E-state index in [0.717, 1.165) is 12.2 Å². The SMILES string of the molecule is CCSCC[C@H](C)N(C)c1ccc(C#N)cn1. The predicted molar refractivity (Wildman–Crippen MR) is 74.4 cm³/mol. The van der Waals surface area contributed by atoms with Gasteiger partial charge in [0, 0.05) is 19.3 Å². The Balaban J connectivity index is 2.55. The molecule has 0 amide bonds. The monoisotopic (exact) mass is 249 g/mol. The molecule has 1 atom stereocenters. The molecule has 4 heteroatoms. The van der Waals surface area contributed by atoms with Gasteiger partial charge in [0.1, 0.15) is 11.9 Å². The summed E-state index contributed by atoms with van der Waals surface area (Å²) in [6, 6.07) is 6.26. The van der Waals surface area contributed by atoms with Crippen LogP contribution >= 0.6 is 11.8 Å². The molecule has 1 aromatic rings. The topological polar surface area (TPSA) is 39.9 Å². The van der Waals surface area contributed by atoms with Crippen molar-refractivity contribution in [3.63, 3.8) is 0 Å². The van der Waals surface area contributed by atoms with E-state index in [0.29, 0.717) is 11.6 Å². The van der Waals surface area contributed by atoms with Crippen LogP contribution in [0.15, 0.2) is 18.3 Å². The predicted octanol–water partition coefficient (Wildman–Crippen LogP) is 2.92. The highest BCUT2D eigenvalue weighted by atomic mass is 32.2. The fraction of sp³-hybridized carbons (Fsp3) is 0.538. The van der Waals surface area contributed by atoms with Crippen molar-refractivity contribution in [2.75, 3.05) is 23.5 Å². The third-order valence-electron chi connectivity index (χ3n) is 2.78. The molecule has 0 radical (unpaired) electrons. The zero-order chi connectivity index (χ0) is 12.7. The number of hydrogen-bond donors (Lipinski definition) is 0. The minimum atomic E-state index is 0.467. The van der Waals surface area contributed by atoms with E-state index in [1.807, 2.05) is 23.9 Å². The Labute approximate surface area is 108 Å². The normalized spacial score (nSPS) is 11.9. The lowest BCUT2D eigenvalue weighted by atomic mass is 10.2. The van der Waals surface area contributed by atoms with E-state index in [-0.39, 0.29) is 0 Å². The Morgan fingerprint density at radius 3 is 2.82 bits per heavy atom. The highest BCUT2D eigenvalue weighted by Gasteiger charge is 2.10. The molecule has 0 aliphatic rings. The van der Waals surface area contributed by atoms with Gasteiger partial charge in [-0.2, -0.15) is 17.0 Å². The smallest absolute Gasteiger partial charge is 0.128 e.